The van der Waals surface area contributed by atoms with Gasteiger partial charge in [-0.2, -0.15) is 5.10 Å². The van der Waals surface area contributed by atoms with Crippen molar-refractivity contribution >= 4 is 38.8 Å². The molecule has 0 radical (unpaired) electrons. The number of carbonyl (C=O) groups is 1. The topological polar surface area (TPSA) is 133 Å². The number of anilines is 2. The molecule has 12 heteroatoms. The van der Waals surface area contributed by atoms with Crippen molar-refractivity contribution < 1.29 is 9.18 Å². The molecule has 0 saturated carbocycles. The third-order valence-corrected chi connectivity index (χ3v) is 7.55. The van der Waals surface area contributed by atoms with E-state index in [0.29, 0.717) is 36.7 Å². The number of fused-ring (bicyclic) bond motifs is 2. The Balaban J connectivity index is 1.14. The van der Waals surface area contributed by atoms with Crippen LogP contribution in [0.4, 0.5) is 15.9 Å². The summed E-state index contributed by atoms with van der Waals surface area (Å²) < 4.78 is 18.0. The number of pyridine rings is 1. The van der Waals surface area contributed by atoms with Gasteiger partial charge < -0.3 is 16.4 Å². The molecule has 1 atom stereocenters. The number of carbonyl (C=O) groups excluding carboxylic acids is 1. The SMILES string of the molecule is Nc1cc2sc(CNC(=O)[C@@H]3CCc4ncc(NCc5cnn(-c6ccccc6F)c5)c(=O)n43)cc2cn1. The zero-order valence-electron chi connectivity index (χ0n) is 20.1. The van der Waals surface area contributed by atoms with Gasteiger partial charge >= 0.3 is 0 Å². The Morgan fingerprint density at radius 2 is 2.03 bits per heavy atom. The lowest BCUT2D eigenvalue weighted by Gasteiger charge is -2.15. The molecule has 1 aromatic carbocycles. The number of para-hydroxylation sites is 1. The monoisotopic (exact) mass is 530 g/mol. The normalized spacial score (nSPS) is 14.5. The van der Waals surface area contributed by atoms with Gasteiger partial charge in [-0.15, -0.1) is 11.3 Å². The number of aryl methyl sites for hydroxylation is 1. The Kier molecular flexibility index (Phi) is 6.08. The minimum absolute atomic E-state index is 0.231. The second-order valence-electron chi connectivity index (χ2n) is 8.99. The number of aromatic nitrogens is 5. The molecule has 4 N–H and O–H groups in total. The van der Waals surface area contributed by atoms with Gasteiger partial charge in [0.25, 0.3) is 5.56 Å². The highest BCUT2D eigenvalue weighted by Crippen LogP contribution is 2.27. The molecule has 6 rings (SSSR count). The van der Waals surface area contributed by atoms with E-state index in [2.05, 4.69) is 25.7 Å². The minimum Gasteiger partial charge on any atom is -0.384 e. The standard InChI is InChI=1S/C26H23FN8O2S/c27-18-3-1-2-4-20(18)34-14-15(10-33-34)9-29-19-13-31-24-6-5-21(35(24)26(19)37)25(36)32-12-17-7-16-11-30-23(28)8-22(16)38-17/h1-4,7-8,10-11,13-14,21,29H,5-6,9,12H2,(H2,28,30)(H,32,36)/t21-/m0/s1. The number of hydrogen-bond donors (Lipinski definition) is 3. The van der Waals surface area contributed by atoms with E-state index in [1.54, 1.807) is 36.8 Å². The van der Waals surface area contributed by atoms with Crippen molar-refractivity contribution in [3.05, 3.63) is 93.6 Å². The average molecular weight is 531 g/mol. The largest absolute Gasteiger partial charge is 0.384 e. The molecule has 0 aliphatic carbocycles. The van der Waals surface area contributed by atoms with Gasteiger partial charge in [-0.3, -0.25) is 14.2 Å². The first-order valence-corrected chi connectivity index (χ1v) is 12.8. The maximum Gasteiger partial charge on any atom is 0.277 e. The maximum absolute atomic E-state index is 14.1. The number of amides is 1. The fourth-order valence-corrected chi connectivity index (χ4v) is 5.60. The van der Waals surface area contributed by atoms with Crippen molar-refractivity contribution in [3.8, 4) is 5.69 Å². The number of nitrogens with zero attached hydrogens (tertiary/aromatic N) is 5. The van der Waals surface area contributed by atoms with Crippen LogP contribution in [0.2, 0.25) is 0 Å². The molecule has 192 valence electrons. The first kappa shape index (κ1) is 23.8. The molecule has 0 fully saturated rings. The van der Waals surface area contributed by atoms with Crippen LogP contribution in [-0.2, 0) is 24.3 Å². The first-order chi connectivity index (χ1) is 18.5. The fraction of sp³-hybridized carbons (Fsp3) is 0.192. The average Bonchev–Trinajstić information content (AvgIpc) is 3.65. The molecule has 1 aliphatic heterocycles. The van der Waals surface area contributed by atoms with Crippen LogP contribution in [0.15, 0.2) is 66.0 Å². The molecular weight excluding hydrogens is 507 g/mol. The lowest BCUT2D eigenvalue weighted by Crippen LogP contribution is -2.36. The molecule has 0 spiro atoms. The van der Waals surface area contributed by atoms with Crippen molar-refractivity contribution in [2.45, 2.75) is 32.0 Å². The molecule has 5 heterocycles. The highest BCUT2D eigenvalue weighted by molar-refractivity contribution is 7.19. The van der Waals surface area contributed by atoms with Crippen LogP contribution in [0.1, 0.15) is 28.7 Å². The van der Waals surface area contributed by atoms with Gasteiger partial charge in [0.15, 0.2) is 0 Å². The van der Waals surface area contributed by atoms with Crippen LogP contribution in [0, 0.1) is 5.82 Å². The maximum atomic E-state index is 14.1. The first-order valence-electron chi connectivity index (χ1n) is 12.0. The van der Waals surface area contributed by atoms with Crippen molar-refractivity contribution in [1.29, 1.82) is 0 Å². The van der Waals surface area contributed by atoms with Crippen molar-refractivity contribution in [2.75, 3.05) is 11.1 Å². The fourth-order valence-electron chi connectivity index (χ4n) is 4.58. The Hall–Kier alpha value is -4.58. The van der Waals surface area contributed by atoms with Gasteiger partial charge in [0.1, 0.15) is 34.9 Å². The van der Waals surface area contributed by atoms with E-state index >= 15 is 0 Å². The summed E-state index contributed by atoms with van der Waals surface area (Å²) in [5, 5.41) is 11.2. The third-order valence-electron chi connectivity index (χ3n) is 6.45. The summed E-state index contributed by atoms with van der Waals surface area (Å²) >= 11 is 1.54. The smallest absolute Gasteiger partial charge is 0.277 e. The van der Waals surface area contributed by atoms with Crippen LogP contribution in [0.5, 0.6) is 0 Å². The van der Waals surface area contributed by atoms with E-state index < -0.39 is 6.04 Å². The summed E-state index contributed by atoms with van der Waals surface area (Å²) in [6, 6.07) is 9.50. The number of hydrogen-bond acceptors (Lipinski definition) is 8. The van der Waals surface area contributed by atoms with Crippen molar-refractivity contribution in [1.82, 2.24) is 29.6 Å². The number of nitrogen functional groups attached to an aromatic ring is 1. The molecule has 4 aromatic heterocycles. The number of nitrogens with two attached hydrogens (primary N) is 1. The van der Waals surface area contributed by atoms with Gasteiger partial charge in [0.05, 0.1) is 18.9 Å². The number of benzene rings is 1. The Morgan fingerprint density at radius 3 is 2.89 bits per heavy atom. The predicted molar refractivity (Wildman–Crippen MR) is 143 cm³/mol. The van der Waals surface area contributed by atoms with Crippen LogP contribution < -0.4 is 21.9 Å². The molecule has 5 aromatic rings. The summed E-state index contributed by atoms with van der Waals surface area (Å²) in [7, 11) is 0. The zero-order valence-corrected chi connectivity index (χ0v) is 20.9. The summed E-state index contributed by atoms with van der Waals surface area (Å²) in [6.07, 6.45) is 7.54. The second-order valence-corrected chi connectivity index (χ2v) is 10.2. The highest BCUT2D eigenvalue weighted by atomic mass is 32.1. The highest BCUT2D eigenvalue weighted by Gasteiger charge is 2.31. The van der Waals surface area contributed by atoms with E-state index in [1.807, 2.05) is 12.1 Å². The Labute approximate surface area is 220 Å². The van der Waals surface area contributed by atoms with Gasteiger partial charge in [-0.05, 0) is 30.7 Å². The number of nitrogens with one attached hydrogen (secondary N) is 2. The van der Waals surface area contributed by atoms with Crippen molar-refractivity contribution in [3.63, 3.8) is 0 Å². The summed E-state index contributed by atoms with van der Waals surface area (Å²) in [4.78, 5) is 35.8. The molecular formula is C26H23FN8O2S. The molecule has 0 unspecified atom stereocenters. The lowest BCUT2D eigenvalue weighted by molar-refractivity contribution is -0.124. The van der Waals surface area contributed by atoms with E-state index in [9.17, 15) is 14.0 Å². The summed E-state index contributed by atoms with van der Waals surface area (Å²) in [6.45, 7) is 0.628. The minimum atomic E-state index is -0.637. The summed E-state index contributed by atoms with van der Waals surface area (Å²) in [5.41, 5.74) is 6.82. The predicted octanol–water partition coefficient (Wildman–Crippen LogP) is 3.18. The van der Waals surface area contributed by atoms with Crippen LogP contribution >= 0.6 is 11.3 Å². The van der Waals surface area contributed by atoms with E-state index in [0.717, 1.165) is 20.5 Å². The van der Waals surface area contributed by atoms with Crippen molar-refractivity contribution in [2.24, 2.45) is 0 Å². The quantitative estimate of drug-likeness (QED) is 0.294. The molecule has 1 amide bonds. The Bertz CT molecular complexity index is 1730. The van der Waals surface area contributed by atoms with Gasteiger partial charge in [0, 0.05) is 45.9 Å². The molecule has 38 heavy (non-hydrogen) atoms. The molecule has 0 saturated heterocycles. The Morgan fingerprint density at radius 1 is 1.16 bits per heavy atom. The van der Waals surface area contributed by atoms with Crippen LogP contribution in [0.25, 0.3) is 15.8 Å². The summed E-state index contributed by atoms with van der Waals surface area (Å²) in [5.74, 6) is 0.421. The lowest BCUT2D eigenvalue weighted by atomic mass is 10.2. The second kappa shape index (κ2) is 9.71. The van der Waals surface area contributed by atoms with E-state index in [1.165, 1.54) is 32.8 Å². The zero-order chi connectivity index (χ0) is 26.2. The molecule has 10 nitrogen and oxygen atoms in total. The van der Waals surface area contributed by atoms with Gasteiger partial charge in [-0.1, -0.05) is 12.1 Å². The number of thiophene rings is 1. The third kappa shape index (κ3) is 4.50. The molecule has 1 aliphatic rings. The van der Waals surface area contributed by atoms with Gasteiger partial charge in [0.2, 0.25) is 5.91 Å². The van der Waals surface area contributed by atoms with Crippen LogP contribution in [-0.4, -0.2) is 30.2 Å². The van der Waals surface area contributed by atoms with E-state index in [4.69, 9.17) is 5.73 Å². The van der Waals surface area contributed by atoms with Crippen LogP contribution in [0.3, 0.4) is 0 Å². The molecule has 0 bridgehead atoms. The number of halogens is 1. The van der Waals surface area contributed by atoms with E-state index in [-0.39, 0.29) is 29.5 Å². The number of rotatable bonds is 7. The van der Waals surface area contributed by atoms with Gasteiger partial charge in [-0.25, -0.2) is 19.0 Å².